The molecule has 0 radical (unpaired) electrons. The summed E-state index contributed by atoms with van der Waals surface area (Å²) in [6.45, 7) is 8.80. The number of hydrogen-bond donors (Lipinski definition) is 2. The molecule has 2 N–H and O–H groups in total. The summed E-state index contributed by atoms with van der Waals surface area (Å²) in [4.78, 5) is 38.4. The molecule has 2 aromatic heterocycles. The number of ether oxygens (including phenoxy) is 1. The average Bonchev–Trinajstić information content (AvgIpc) is 3.36. The summed E-state index contributed by atoms with van der Waals surface area (Å²) < 4.78 is 45.8. The molecule has 1 atom stereocenters. The van der Waals surface area contributed by atoms with Crippen LogP contribution in [-0.4, -0.2) is 32.6 Å². The number of nitrogens with one attached hydrogen (secondary N) is 2. The molecule has 12 heteroatoms. The molecule has 220 valence electrons. The number of hydrogen-bond acceptors (Lipinski definition) is 7. The number of alkyl halides is 3. The number of nitrogens with zero attached hydrogens (tertiary/aromatic N) is 3. The number of halogens is 3. The van der Waals surface area contributed by atoms with Crippen molar-refractivity contribution < 1.29 is 27.5 Å². The van der Waals surface area contributed by atoms with Gasteiger partial charge in [0.2, 0.25) is 0 Å². The number of amides is 2. The third kappa shape index (κ3) is 7.90. The summed E-state index contributed by atoms with van der Waals surface area (Å²) in [6, 6.07) is 11.4. The summed E-state index contributed by atoms with van der Waals surface area (Å²) >= 11 is 1.46. The van der Waals surface area contributed by atoms with Crippen molar-refractivity contribution in [2.45, 2.75) is 59.0 Å². The molecule has 42 heavy (non-hydrogen) atoms. The van der Waals surface area contributed by atoms with Crippen molar-refractivity contribution in [3.05, 3.63) is 88.4 Å². The van der Waals surface area contributed by atoms with E-state index in [0.29, 0.717) is 22.4 Å². The van der Waals surface area contributed by atoms with Crippen LogP contribution in [-0.2, 0) is 17.5 Å². The second kappa shape index (κ2) is 12.3. The smallest absolute Gasteiger partial charge is 0.416 e. The predicted octanol–water partition coefficient (Wildman–Crippen LogP) is 7.11. The second-order valence-corrected chi connectivity index (χ2v) is 11.8. The minimum Gasteiger partial charge on any atom is -0.444 e. The van der Waals surface area contributed by atoms with Crippen LogP contribution >= 0.6 is 11.3 Å². The van der Waals surface area contributed by atoms with E-state index in [4.69, 9.17) is 4.74 Å². The van der Waals surface area contributed by atoms with Crippen molar-refractivity contribution in [2.24, 2.45) is 0 Å². The molecule has 2 amide bonds. The van der Waals surface area contributed by atoms with Gasteiger partial charge in [-0.1, -0.05) is 30.3 Å². The molecule has 2 heterocycles. The third-order valence-corrected chi connectivity index (χ3v) is 7.04. The summed E-state index contributed by atoms with van der Waals surface area (Å²) in [6.07, 6.45) is -2.20. The van der Waals surface area contributed by atoms with Gasteiger partial charge in [0.25, 0.3) is 5.91 Å². The first-order valence-electron chi connectivity index (χ1n) is 13.0. The summed E-state index contributed by atoms with van der Waals surface area (Å²) in [5.41, 5.74) is 1.32. The Balaban J connectivity index is 1.51. The van der Waals surface area contributed by atoms with E-state index in [1.807, 2.05) is 6.92 Å². The zero-order chi connectivity index (χ0) is 30.7. The van der Waals surface area contributed by atoms with Crippen LogP contribution < -0.4 is 10.6 Å². The van der Waals surface area contributed by atoms with E-state index in [1.165, 1.54) is 23.7 Å². The van der Waals surface area contributed by atoms with E-state index in [1.54, 1.807) is 64.2 Å². The lowest BCUT2D eigenvalue weighted by atomic mass is 9.95. The number of benzene rings is 2. The zero-order valence-electron chi connectivity index (χ0n) is 23.7. The van der Waals surface area contributed by atoms with Crippen molar-refractivity contribution in [1.29, 1.82) is 0 Å². The molecule has 4 aromatic rings. The Kier molecular flexibility index (Phi) is 8.95. The maximum Gasteiger partial charge on any atom is 0.416 e. The summed E-state index contributed by atoms with van der Waals surface area (Å²) in [7, 11) is 0. The normalized spacial score (nSPS) is 12.5. The standard InChI is InChI=1S/C30H30F3N5O3S/c1-17(38-27(39)25-13-24(36-16-37-25)26-15-34-18(2)42-26)19-6-8-20(9-7-19)23-12-22(30(31,32)33)11-10-21(23)14-35-28(40)41-29(3,4)5/h6-13,15-17H,14H2,1-5H3,(H,35,40)(H,38,39)/t17-/m1/s1. The van der Waals surface area contributed by atoms with Crippen molar-refractivity contribution in [3.8, 4) is 21.7 Å². The van der Waals surface area contributed by atoms with Crippen molar-refractivity contribution in [2.75, 3.05) is 0 Å². The van der Waals surface area contributed by atoms with Gasteiger partial charge in [-0.25, -0.2) is 19.7 Å². The summed E-state index contributed by atoms with van der Waals surface area (Å²) in [5, 5.41) is 6.38. The largest absolute Gasteiger partial charge is 0.444 e. The van der Waals surface area contributed by atoms with Gasteiger partial charge < -0.3 is 15.4 Å². The van der Waals surface area contributed by atoms with Crippen molar-refractivity contribution in [1.82, 2.24) is 25.6 Å². The molecule has 0 aliphatic heterocycles. The monoisotopic (exact) mass is 597 g/mol. The van der Waals surface area contributed by atoms with Crippen LogP contribution in [0, 0.1) is 6.92 Å². The van der Waals surface area contributed by atoms with E-state index in [2.05, 4.69) is 25.6 Å². The van der Waals surface area contributed by atoms with Gasteiger partial charge in [0, 0.05) is 12.7 Å². The fraction of sp³-hybridized carbons (Fsp3) is 0.300. The molecule has 0 saturated heterocycles. The van der Waals surface area contributed by atoms with Gasteiger partial charge in [-0.05, 0) is 75.1 Å². The van der Waals surface area contributed by atoms with E-state index in [9.17, 15) is 22.8 Å². The highest BCUT2D eigenvalue weighted by atomic mass is 32.1. The maximum atomic E-state index is 13.5. The quantitative estimate of drug-likeness (QED) is 0.235. The Bertz CT molecular complexity index is 1580. The van der Waals surface area contributed by atoms with Gasteiger partial charge in [-0.15, -0.1) is 11.3 Å². The Hall–Kier alpha value is -4.32. The van der Waals surface area contributed by atoms with Gasteiger partial charge in [0.05, 0.1) is 27.2 Å². The molecular weight excluding hydrogens is 567 g/mol. The Labute approximate surface area is 245 Å². The van der Waals surface area contributed by atoms with Crippen LogP contribution in [0.5, 0.6) is 0 Å². The molecule has 0 saturated carbocycles. The second-order valence-electron chi connectivity index (χ2n) is 10.6. The fourth-order valence-electron chi connectivity index (χ4n) is 4.06. The first kappa shape index (κ1) is 30.6. The number of thiazole rings is 1. The van der Waals surface area contributed by atoms with Crippen LogP contribution in [0.4, 0.5) is 18.0 Å². The maximum absolute atomic E-state index is 13.5. The Morgan fingerprint density at radius 1 is 1.00 bits per heavy atom. The number of alkyl carbamates (subject to hydrolysis) is 1. The zero-order valence-corrected chi connectivity index (χ0v) is 24.5. The number of aromatic nitrogens is 3. The molecule has 0 spiro atoms. The van der Waals surface area contributed by atoms with Gasteiger partial charge in [0.15, 0.2) is 0 Å². The van der Waals surface area contributed by atoms with E-state index < -0.39 is 35.4 Å². The minimum atomic E-state index is -4.54. The van der Waals surface area contributed by atoms with E-state index in [0.717, 1.165) is 27.6 Å². The SMILES string of the molecule is Cc1ncc(-c2cc(C(=O)N[C@H](C)c3ccc(-c4cc(C(F)(F)F)ccc4CNC(=O)OC(C)(C)C)cc3)ncn2)s1. The lowest BCUT2D eigenvalue weighted by Crippen LogP contribution is -2.32. The lowest BCUT2D eigenvalue weighted by molar-refractivity contribution is -0.137. The lowest BCUT2D eigenvalue weighted by Gasteiger charge is -2.20. The van der Waals surface area contributed by atoms with Gasteiger partial charge in [-0.2, -0.15) is 13.2 Å². The molecular formula is C30H30F3N5O3S. The van der Waals surface area contributed by atoms with Crippen LogP contribution in [0.2, 0.25) is 0 Å². The predicted molar refractivity (Wildman–Crippen MR) is 154 cm³/mol. The molecule has 0 aliphatic rings. The molecule has 0 bridgehead atoms. The number of aryl methyl sites for hydroxylation is 1. The van der Waals surface area contributed by atoms with E-state index in [-0.39, 0.29) is 12.2 Å². The average molecular weight is 598 g/mol. The van der Waals surface area contributed by atoms with Crippen LogP contribution in [0.15, 0.2) is 61.1 Å². The highest BCUT2D eigenvalue weighted by molar-refractivity contribution is 7.15. The van der Waals surface area contributed by atoms with Gasteiger partial charge in [0.1, 0.15) is 17.6 Å². The Morgan fingerprint density at radius 3 is 2.33 bits per heavy atom. The first-order chi connectivity index (χ1) is 19.7. The van der Waals surface area contributed by atoms with Crippen LogP contribution in [0.25, 0.3) is 21.7 Å². The van der Waals surface area contributed by atoms with Crippen LogP contribution in [0.1, 0.15) is 65.9 Å². The molecule has 0 unspecified atom stereocenters. The third-order valence-electron chi connectivity index (χ3n) is 6.10. The van der Waals surface area contributed by atoms with Crippen molar-refractivity contribution in [3.63, 3.8) is 0 Å². The molecule has 0 fully saturated rings. The topological polar surface area (TPSA) is 106 Å². The summed E-state index contributed by atoms with van der Waals surface area (Å²) in [5.74, 6) is -0.398. The van der Waals surface area contributed by atoms with E-state index >= 15 is 0 Å². The highest BCUT2D eigenvalue weighted by Crippen LogP contribution is 2.34. The number of carbonyl (C=O) groups is 2. The fourth-order valence-corrected chi connectivity index (χ4v) is 4.80. The number of rotatable bonds is 7. The van der Waals surface area contributed by atoms with Gasteiger partial charge >= 0.3 is 12.3 Å². The molecule has 2 aromatic carbocycles. The van der Waals surface area contributed by atoms with Crippen molar-refractivity contribution >= 4 is 23.3 Å². The van der Waals surface area contributed by atoms with Crippen LogP contribution in [0.3, 0.4) is 0 Å². The molecule has 4 rings (SSSR count). The molecule has 0 aliphatic carbocycles. The number of carbonyl (C=O) groups excluding carboxylic acids is 2. The highest BCUT2D eigenvalue weighted by Gasteiger charge is 2.31. The molecule has 8 nitrogen and oxygen atoms in total. The first-order valence-corrected chi connectivity index (χ1v) is 13.8. The van der Waals surface area contributed by atoms with Gasteiger partial charge in [-0.3, -0.25) is 4.79 Å². The Morgan fingerprint density at radius 2 is 1.71 bits per heavy atom. The minimum absolute atomic E-state index is 0.0291.